The number of nitrogen functional groups attached to an aromatic ring is 1. The second-order valence-corrected chi connectivity index (χ2v) is 4.89. The van der Waals surface area contributed by atoms with Crippen LogP contribution in [0.3, 0.4) is 0 Å². The number of carbonyl (C=O) groups is 1. The SMILES string of the molecule is COc1c(N)cccc1C(=O)N1CC(C)OC(CO)C1. The summed E-state index contributed by atoms with van der Waals surface area (Å²) in [6, 6.07) is 5.10. The Morgan fingerprint density at radius 3 is 2.95 bits per heavy atom. The molecule has 2 rings (SSSR count). The van der Waals surface area contributed by atoms with Gasteiger partial charge in [0.15, 0.2) is 5.75 Å². The summed E-state index contributed by atoms with van der Waals surface area (Å²) in [7, 11) is 1.49. The maximum absolute atomic E-state index is 12.6. The third kappa shape index (κ3) is 2.86. The lowest BCUT2D eigenvalue weighted by Gasteiger charge is -2.36. The standard InChI is InChI=1S/C14H20N2O4/c1-9-6-16(7-10(8-17)20-9)14(18)11-4-3-5-12(15)13(11)19-2/h3-5,9-10,17H,6-8,15H2,1-2H3. The van der Waals surface area contributed by atoms with Crippen LogP contribution in [0.15, 0.2) is 18.2 Å². The molecule has 0 aromatic heterocycles. The molecule has 0 aliphatic carbocycles. The second-order valence-electron chi connectivity index (χ2n) is 4.89. The van der Waals surface area contributed by atoms with E-state index in [1.165, 1.54) is 7.11 Å². The number of hydrogen-bond acceptors (Lipinski definition) is 5. The van der Waals surface area contributed by atoms with Crippen molar-refractivity contribution in [3.05, 3.63) is 23.8 Å². The van der Waals surface area contributed by atoms with E-state index in [9.17, 15) is 9.90 Å². The van der Waals surface area contributed by atoms with Crippen LogP contribution in [0.1, 0.15) is 17.3 Å². The molecule has 2 atom stereocenters. The third-order valence-corrected chi connectivity index (χ3v) is 3.30. The number of anilines is 1. The molecule has 1 aliphatic rings. The number of aliphatic hydroxyl groups is 1. The van der Waals surface area contributed by atoms with Crippen LogP contribution in [0.2, 0.25) is 0 Å². The van der Waals surface area contributed by atoms with Gasteiger partial charge in [0, 0.05) is 13.1 Å². The van der Waals surface area contributed by atoms with Crippen LogP contribution in [-0.2, 0) is 4.74 Å². The molecule has 1 amide bonds. The lowest BCUT2D eigenvalue weighted by atomic mass is 10.1. The van der Waals surface area contributed by atoms with Crippen molar-refractivity contribution in [3.8, 4) is 5.75 Å². The molecule has 0 radical (unpaired) electrons. The number of carbonyl (C=O) groups excluding carboxylic acids is 1. The Hall–Kier alpha value is -1.79. The van der Waals surface area contributed by atoms with E-state index in [0.717, 1.165) is 0 Å². The Balaban J connectivity index is 2.25. The zero-order chi connectivity index (χ0) is 14.7. The Labute approximate surface area is 118 Å². The van der Waals surface area contributed by atoms with Gasteiger partial charge in [0.25, 0.3) is 5.91 Å². The second kappa shape index (κ2) is 6.11. The van der Waals surface area contributed by atoms with Gasteiger partial charge in [0.1, 0.15) is 0 Å². The van der Waals surface area contributed by atoms with Crippen molar-refractivity contribution in [2.24, 2.45) is 0 Å². The molecule has 0 bridgehead atoms. The van der Waals surface area contributed by atoms with Gasteiger partial charge in [-0.25, -0.2) is 0 Å². The van der Waals surface area contributed by atoms with E-state index in [-0.39, 0.29) is 24.7 Å². The first-order chi connectivity index (χ1) is 9.56. The van der Waals surface area contributed by atoms with Gasteiger partial charge in [0.2, 0.25) is 0 Å². The van der Waals surface area contributed by atoms with Crippen molar-refractivity contribution in [1.82, 2.24) is 4.90 Å². The number of benzene rings is 1. The van der Waals surface area contributed by atoms with Crippen molar-refractivity contribution >= 4 is 11.6 Å². The van der Waals surface area contributed by atoms with Crippen LogP contribution in [0.25, 0.3) is 0 Å². The zero-order valence-electron chi connectivity index (χ0n) is 11.7. The van der Waals surface area contributed by atoms with E-state index >= 15 is 0 Å². The predicted octanol–water partition coefficient (Wildman–Crippen LogP) is 0.499. The highest BCUT2D eigenvalue weighted by Crippen LogP contribution is 2.27. The Morgan fingerprint density at radius 1 is 1.55 bits per heavy atom. The largest absolute Gasteiger partial charge is 0.494 e. The van der Waals surface area contributed by atoms with Gasteiger partial charge < -0.3 is 25.2 Å². The van der Waals surface area contributed by atoms with Crippen LogP contribution >= 0.6 is 0 Å². The number of rotatable bonds is 3. The van der Waals surface area contributed by atoms with E-state index in [4.69, 9.17) is 15.2 Å². The fraction of sp³-hybridized carbons (Fsp3) is 0.500. The molecule has 1 saturated heterocycles. The summed E-state index contributed by atoms with van der Waals surface area (Å²) in [6.07, 6.45) is -0.466. The van der Waals surface area contributed by atoms with E-state index < -0.39 is 0 Å². The van der Waals surface area contributed by atoms with Crippen LogP contribution < -0.4 is 10.5 Å². The number of nitrogens with two attached hydrogens (primary N) is 1. The summed E-state index contributed by atoms with van der Waals surface area (Å²) in [5, 5.41) is 9.22. The molecule has 0 saturated carbocycles. The minimum atomic E-state index is -0.352. The van der Waals surface area contributed by atoms with Gasteiger partial charge in [-0.3, -0.25) is 4.79 Å². The van der Waals surface area contributed by atoms with Crippen molar-refractivity contribution in [3.63, 3.8) is 0 Å². The molecular weight excluding hydrogens is 260 g/mol. The van der Waals surface area contributed by atoms with E-state index in [1.807, 2.05) is 6.92 Å². The third-order valence-electron chi connectivity index (χ3n) is 3.30. The molecule has 6 nitrogen and oxygen atoms in total. The molecule has 1 aromatic carbocycles. The van der Waals surface area contributed by atoms with Crippen LogP contribution in [0.4, 0.5) is 5.69 Å². The predicted molar refractivity (Wildman–Crippen MR) is 74.7 cm³/mol. The van der Waals surface area contributed by atoms with Crippen LogP contribution in [-0.4, -0.2) is 54.9 Å². The molecule has 0 spiro atoms. The highest BCUT2D eigenvalue weighted by Gasteiger charge is 2.30. The van der Waals surface area contributed by atoms with Crippen molar-refractivity contribution in [2.45, 2.75) is 19.1 Å². The lowest BCUT2D eigenvalue weighted by Crippen LogP contribution is -2.50. The molecule has 1 aromatic rings. The zero-order valence-corrected chi connectivity index (χ0v) is 11.7. The summed E-state index contributed by atoms with van der Waals surface area (Å²) in [6.45, 7) is 2.60. The highest BCUT2D eigenvalue weighted by atomic mass is 16.5. The number of ether oxygens (including phenoxy) is 2. The number of aliphatic hydroxyl groups excluding tert-OH is 1. The molecule has 2 unspecified atom stereocenters. The van der Waals surface area contributed by atoms with Crippen molar-refractivity contribution < 1.29 is 19.4 Å². The number of amides is 1. The van der Waals surface area contributed by atoms with Crippen LogP contribution in [0.5, 0.6) is 5.75 Å². The first-order valence-corrected chi connectivity index (χ1v) is 6.54. The summed E-state index contributed by atoms with van der Waals surface area (Å²) in [4.78, 5) is 14.3. The molecular formula is C14H20N2O4. The van der Waals surface area contributed by atoms with E-state index in [2.05, 4.69) is 0 Å². The van der Waals surface area contributed by atoms with Gasteiger partial charge in [0.05, 0.1) is 37.2 Å². The van der Waals surface area contributed by atoms with Crippen molar-refractivity contribution in [1.29, 1.82) is 0 Å². The summed E-state index contributed by atoms with van der Waals surface area (Å²) in [5.41, 5.74) is 6.68. The summed E-state index contributed by atoms with van der Waals surface area (Å²) in [5.74, 6) is 0.222. The highest BCUT2D eigenvalue weighted by molar-refractivity contribution is 5.98. The number of nitrogens with zero attached hydrogens (tertiary/aromatic N) is 1. The number of para-hydroxylation sites is 1. The van der Waals surface area contributed by atoms with Gasteiger partial charge in [-0.1, -0.05) is 6.07 Å². The quantitative estimate of drug-likeness (QED) is 0.788. The first kappa shape index (κ1) is 14.6. The minimum Gasteiger partial charge on any atom is -0.494 e. The number of methoxy groups -OCH3 is 1. The van der Waals surface area contributed by atoms with Crippen molar-refractivity contribution in [2.75, 3.05) is 32.5 Å². The Bertz CT molecular complexity index is 492. The minimum absolute atomic E-state index is 0.109. The average Bonchev–Trinajstić information content (AvgIpc) is 2.45. The monoisotopic (exact) mass is 280 g/mol. The topological polar surface area (TPSA) is 85.0 Å². The fourth-order valence-corrected chi connectivity index (χ4v) is 2.43. The molecule has 110 valence electrons. The average molecular weight is 280 g/mol. The van der Waals surface area contributed by atoms with Gasteiger partial charge in [-0.05, 0) is 19.1 Å². The molecule has 1 fully saturated rings. The summed E-state index contributed by atoms with van der Waals surface area (Å²) >= 11 is 0. The van der Waals surface area contributed by atoms with E-state index in [1.54, 1.807) is 23.1 Å². The smallest absolute Gasteiger partial charge is 0.257 e. The Kier molecular flexibility index (Phi) is 4.46. The number of morpholine rings is 1. The van der Waals surface area contributed by atoms with Gasteiger partial charge in [-0.2, -0.15) is 0 Å². The molecule has 3 N–H and O–H groups in total. The van der Waals surface area contributed by atoms with Crippen LogP contribution in [0, 0.1) is 0 Å². The first-order valence-electron chi connectivity index (χ1n) is 6.54. The Morgan fingerprint density at radius 2 is 2.30 bits per heavy atom. The van der Waals surface area contributed by atoms with E-state index in [0.29, 0.717) is 30.1 Å². The fourth-order valence-electron chi connectivity index (χ4n) is 2.43. The maximum atomic E-state index is 12.6. The molecule has 20 heavy (non-hydrogen) atoms. The lowest BCUT2D eigenvalue weighted by molar-refractivity contribution is -0.0858. The molecule has 1 aliphatic heterocycles. The molecule has 6 heteroatoms. The normalized spacial score (nSPS) is 22.6. The number of hydrogen-bond donors (Lipinski definition) is 2. The maximum Gasteiger partial charge on any atom is 0.257 e. The summed E-state index contributed by atoms with van der Waals surface area (Å²) < 4.78 is 10.7. The van der Waals surface area contributed by atoms with Gasteiger partial charge in [-0.15, -0.1) is 0 Å². The molecule has 1 heterocycles. The van der Waals surface area contributed by atoms with Gasteiger partial charge >= 0.3 is 0 Å².